The summed E-state index contributed by atoms with van der Waals surface area (Å²) in [4.78, 5) is 29.7. The van der Waals surface area contributed by atoms with E-state index in [-0.39, 0.29) is 18.5 Å². The van der Waals surface area contributed by atoms with Gasteiger partial charge in [0.2, 0.25) is 5.91 Å². The number of likely N-dealkylation sites (N-methyl/N-ethyl adjacent to an activating group) is 1. The fraction of sp³-hybridized carbons (Fsp3) is 0.278. The first-order valence-electron chi connectivity index (χ1n) is 7.91. The molecule has 24 heavy (non-hydrogen) atoms. The molecule has 0 saturated heterocycles. The van der Waals surface area contributed by atoms with Gasteiger partial charge >= 0.3 is 6.03 Å². The second kappa shape index (κ2) is 9.29. The molecule has 0 aliphatic rings. The molecule has 1 aromatic heterocycles. The average molecular weight is 326 g/mol. The van der Waals surface area contributed by atoms with Crippen molar-refractivity contribution in [3.63, 3.8) is 0 Å². The molecule has 2 rings (SSSR count). The largest absolute Gasteiger partial charge is 0.337 e. The van der Waals surface area contributed by atoms with Crippen molar-refractivity contribution >= 4 is 11.9 Å². The first-order chi connectivity index (χ1) is 11.7. The van der Waals surface area contributed by atoms with Crippen LogP contribution in [0, 0.1) is 0 Å². The van der Waals surface area contributed by atoms with Crippen LogP contribution in [0.4, 0.5) is 4.79 Å². The highest BCUT2D eigenvalue weighted by atomic mass is 16.2. The van der Waals surface area contributed by atoms with Crippen LogP contribution in [0.2, 0.25) is 0 Å². The summed E-state index contributed by atoms with van der Waals surface area (Å²) in [5.74, 6) is -0.113. The van der Waals surface area contributed by atoms with E-state index in [0.717, 1.165) is 11.1 Å². The topological polar surface area (TPSA) is 74.3 Å². The number of aromatic nitrogens is 1. The quantitative estimate of drug-likeness (QED) is 0.816. The van der Waals surface area contributed by atoms with Gasteiger partial charge in [-0.25, -0.2) is 4.79 Å². The summed E-state index contributed by atoms with van der Waals surface area (Å²) >= 11 is 0. The number of rotatable bonds is 7. The van der Waals surface area contributed by atoms with Crippen LogP contribution < -0.4 is 10.6 Å². The van der Waals surface area contributed by atoms with Crippen molar-refractivity contribution in [2.75, 3.05) is 13.1 Å². The van der Waals surface area contributed by atoms with Gasteiger partial charge < -0.3 is 15.5 Å². The Morgan fingerprint density at radius 1 is 1.04 bits per heavy atom. The summed E-state index contributed by atoms with van der Waals surface area (Å²) < 4.78 is 0. The van der Waals surface area contributed by atoms with Crippen molar-refractivity contribution in [2.45, 2.75) is 20.0 Å². The average Bonchev–Trinajstić information content (AvgIpc) is 2.64. The molecule has 0 aliphatic carbocycles. The third kappa shape index (κ3) is 5.72. The van der Waals surface area contributed by atoms with Crippen LogP contribution in [0.15, 0.2) is 54.9 Å². The van der Waals surface area contributed by atoms with E-state index in [1.807, 2.05) is 43.3 Å². The zero-order chi connectivity index (χ0) is 17.2. The number of hydrogen-bond acceptors (Lipinski definition) is 3. The molecule has 0 aliphatic heterocycles. The van der Waals surface area contributed by atoms with E-state index in [2.05, 4.69) is 15.6 Å². The molecular formula is C18H22N4O2. The molecule has 0 atom stereocenters. The molecule has 2 aromatic rings. The minimum absolute atomic E-state index is 0.0282. The molecule has 0 unspecified atom stereocenters. The van der Waals surface area contributed by atoms with Gasteiger partial charge in [-0.05, 0) is 24.1 Å². The lowest BCUT2D eigenvalue weighted by Crippen LogP contribution is -2.43. The maximum absolute atomic E-state index is 12.2. The molecule has 126 valence electrons. The molecule has 0 bridgehead atoms. The number of nitrogens with one attached hydrogen (secondary N) is 2. The van der Waals surface area contributed by atoms with E-state index >= 15 is 0 Å². The molecule has 6 nitrogen and oxygen atoms in total. The van der Waals surface area contributed by atoms with Gasteiger partial charge in [0.15, 0.2) is 0 Å². The molecule has 6 heteroatoms. The lowest BCUT2D eigenvalue weighted by Gasteiger charge is -2.21. The van der Waals surface area contributed by atoms with E-state index in [1.54, 1.807) is 23.4 Å². The van der Waals surface area contributed by atoms with Gasteiger partial charge in [0.25, 0.3) is 0 Å². The van der Waals surface area contributed by atoms with E-state index in [4.69, 9.17) is 0 Å². The molecular weight excluding hydrogens is 304 g/mol. The van der Waals surface area contributed by atoms with Crippen LogP contribution in [-0.2, 0) is 17.9 Å². The Bertz CT molecular complexity index is 647. The fourth-order valence-electron chi connectivity index (χ4n) is 2.20. The predicted octanol–water partition coefficient (Wildman–Crippen LogP) is 1.93. The summed E-state index contributed by atoms with van der Waals surface area (Å²) in [6.07, 6.45) is 3.36. The minimum atomic E-state index is -0.372. The number of carbonyl (C=O) groups is 2. The second-order valence-corrected chi connectivity index (χ2v) is 5.29. The summed E-state index contributed by atoms with van der Waals surface area (Å²) in [5.41, 5.74) is 1.96. The van der Waals surface area contributed by atoms with Crippen LogP contribution in [0.1, 0.15) is 18.1 Å². The summed E-state index contributed by atoms with van der Waals surface area (Å²) in [5, 5.41) is 5.29. The highest BCUT2D eigenvalue weighted by Gasteiger charge is 2.13. The zero-order valence-corrected chi connectivity index (χ0v) is 13.7. The number of pyridine rings is 1. The van der Waals surface area contributed by atoms with Gasteiger partial charge in [-0.2, -0.15) is 0 Å². The number of hydrogen-bond donors (Lipinski definition) is 2. The molecule has 0 spiro atoms. The Hall–Kier alpha value is -2.89. The standard InChI is InChI=1S/C18H22N4O2/c1-2-22(14-15-7-4-3-5-8-15)17(23)13-21-18(24)20-12-16-9-6-10-19-11-16/h3-11H,2,12-14H2,1H3,(H2,20,21,24). The number of nitrogens with zero attached hydrogens (tertiary/aromatic N) is 2. The van der Waals surface area contributed by atoms with Crippen LogP contribution in [0.5, 0.6) is 0 Å². The molecule has 0 fully saturated rings. The van der Waals surface area contributed by atoms with Gasteiger partial charge in [0.05, 0.1) is 6.54 Å². The molecule has 1 aromatic carbocycles. The molecule has 3 amide bonds. The number of amides is 3. The molecule has 2 N–H and O–H groups in total. The van der Waals surface area contributed by atoms with Crippen molar-refractivity contribution < 1.29 is 9.59 Å². The molecule has 0 saturated carbocycles. The van der Waals surface area contributed by atoms with Gasteiger partial charge in [-0.15, -0.1) is 0 Å². The molecule has 1 heterocycles. The van der Waals surface area contributed by atoms with Crippen molar-refractivity contribution in [1.82, 2.24) is 20.5 Å². The van der Waals surface area contributed by atoms with Crippen molar-refractivity contribution in [3.05, 3.63) is 66.0 Å². The van der Waals surface area contributed by atoms with E-state index in [1.165, 1.54) is 0 Å². The Morgan fingerprint density at radius 3 is 2.46 bits per heavy atom. The highest BCUT2D eigenvalue weighted by Crippen LogP contribution is 2.04. The summed E-state index contributed by atoms with van der Waals surface area (Å²) in [7, 11) is 0. The Kier molecular flexibility index (Phi) is 6.76. The van der Waals surface area contributed by atoms with Gasteiger partial charge in [0, 0.05) is 32.0 Å². The summed E-state index contributed by atoms with van der Waals surface area (Å²) in [6.45, 7) is 3.39. The summed E-state index contributed by atoms with van der Waals surface area (Å²) in [6, 6.07) is 13.1. The van der Waals surface area contributed by atoms with Crippen LogP contribution >= 0.6 is 0 Å². The highest BCUT2D eigenvalue weighted by molar-refractivity contribution is 5.83. The first kappa shape index (κ1) is 17.5. The van der Waals surface area contributed by atoms with Gasteiger partial charge in [0.1, 0.15) is 0 Å². The van der Waals surface area contributed by atoms with Crippen molar-refractivity contribution in [3.8, 4) is 0 Å². The fourth-order valence-corrected chi connectivity index (χ4v) is 2.20. The number of carbonyl (C=O) groups excluding carboxylic acids is 2. The third-order valence-electron chi connectivity index (χ3n) is 3.53. The lowest BCUT2D eigenvalue weighted by atomic mass is 10.2. The SMILES string of the molecule is CCN(Cc1ccccc1)C(=O)CNC(=O)NCc1cccnc1. The van der Waals surface area contributed by atoms with Gasteiger partial charge in [-0.3, -0.25) is 9.78 Å². The van der Waals surface area contributed by atoms with Crippen molar-refractivity contribution in [1.29, 1.82) is 0 Å². The third-order valence-corrected chi connectivity index (χ3v) is 3.53. The second-order valence-electron chi connectivity index (χ2n) is 5.29. The first-order valence-corrected chi connectivity index (χ1v) is 7.91. The van der Waals surface area contributed by atoms with E-state index < -0.39 is 0 Å². The van der Waals surface area contributed by atoms with Crippen LogP contribution in [0.3, 0.4) is 0 Å². The maximum Gasteiger partial charge on any atom is 0.315 e. The van der Waals surface area contributed by atoms with Crippen molar-refractivity contribution in [2.24, 2.45) is 0 Å². The van der Waals surface area contributed by atoms with Gasteiger partial charge in [-0.1, -0.05) is 36.4 Å². The lowest BCUT2D eigenvalue weighted by molar-refractivity contribution is -0.130. The monoisotopic (exact) mass is 326 g/mol. The number of benzene rings is 1. The minimum Gasteiger partial charge on any atom is -0.337 e. The zero-order valence-electron chi connectivity index (χ0n) is 13.7. The Morgan fingerprint density at radius 2 is 1.79 bits per heavy atom. The Balaban J connectivity index is 1.75. The maximum atomic E-state index is 12.2. The Labute approximate surface area is 141 Å². The van der Waals surface area contributed by atoms with Crippen LogP contribution in [-0.4, -0.2) is 34.9 Å². The van der Waals surface area contributed by atoms with E-state index in [9.17, 15) is 9.59 Å². The van der Waals surface area contributed by atoms with Crippen LogP contribution in [0.25, 0.3) is 0 Å². The number of urea groups is 1. The molecule has 0 radical (unpaired) electrons. The van der Waals surface area contributed by atoms with E-state index in [0.29, 0.717) is 19.6 Å². The normalized spacial score (nSPS) is 10.0. The smallest absolute Gasteiger partial charge is 0.315 e. The predicted molar refractivity (Wildman–Crippen MR) is 92.0 cm³/mol.